The van der Waals surface area contributed by atoms with Gasteiger partial charge < -0.3 is 30.2 Å². The Labute approximate surface area is 235 Å². The predicted octanol–water partition coefficient (Wildman–Crippen LogP) is 4.27. The van der Waals surface area contributed by atoms with Crippen molar-refractivity contribution < 1.29 is 33.4 Å². The van der Waals surface area contributed by atoms with Crippen molar-refractivity contribution in [2.24, 2.45) is 0 Å². The molecule has 0 radical (unpaired) electrons. The van der Waals surface area contributed by atoms with Crippen LogP contribution in [0.4, 0.5) is 9.59 Å². The van der Waals surface area contributed by atoms with Gasteiger partial charge in [0.05, 0.1) is 6.61 Å². The van der Waals surface area contributed by atoms with Gasteiger partial charge in [0, 0.05) is 12.5 Å². The first-order valence-corrected chi connectivity index (χ1v) is 13.6. The summed E-state index contributed by atoms with van der Waals surface area (Å²) in [5.41, 5.74) is 3.87. The molecule has 0 aliphatic heterocycles. The zero-order valence-corrected chi connectivity index (χ0v) is 23.6. The lowest BCUT2D eigenvalue weighted by Crippen LogP contribution is -2.49. The number of nitrogens with one attached hydrogen (secondary N) is 3. The predicted molar refractivity (Wildman–Crippen MR) is 150 cm³/mol. The molecule has 1 aliphatic carbocycles. The first-order chi connectivity index (χ1) is 19.1. The topological polar surface area (TPSA) is 132 Å². The number of carbonyl (C=O) groups is 4. The highest BCUT2D eigenvalue weighted by molar-refractivity contribution is 5.88. The lowest BCUT2D eigenvalue weighted by molar-refractivity contribution is -0.143. The van der Waals surface area contributed by atoms with E-state index < -0.39 is 35.7 Å². The summed E-state index contributed by atoms with van der Waals surface area (Å²) in [7, 11) is 0. The van der Waals surface area contributed by atoms with Crippen molar-refractivity contribution in [1.29, 1.82) is 0 Å². The van der Waals surface area contributed by atoms with Crippen molar-refractivity contribution in [3.63, 3.8) is 0 Å². The van der Waals surface area contributed by atoms with Crippen LogP contribution in [0.1, 0.15) is 64.0 Å². The molecule has 0 aromatic heterocycles. The van der Waals surface area contributed by atoms with E-state index in [2.05, 4.69) is 40.2 Å². The summed E-state index contributed by atoms with van der Waals surface area (Å²) < 4.78 is 15.6. The second kappa shape index (κ2) is 14.3. The first-order valence-electron chi connectivity index (χ1n) is 13.6. The summed E-state index contributed by atoms with van der Waals surface area (Å²) in [4.78, 5) is 48.9. The molecule has 40 heavy (non-hydrogen) atoms. The maximum absolute atomic E-state index is 12.6. The van der Waals surface area contributed by atoms with Crippen LogP contribution in [0.15, 0.2) is 48.5 Å². The Morgan fingerprint density at radius 2 is 1.48 bits per heavy atom. The van der Waals surface area contributed by atoms with E-state index >= 15 is 0 Å². The fraction of sp³-hybridized carbons (Fsp3) is 0.467. The van der Waals surface area contributed by atoms with Gasteiger partial charge in [-0.05, 0) is 69.2 Å². The highest BCUT2D eigenvalue weighted by Gasteiger charge is 2.29. The zero-order valence-electron chi connectivity index (χ0n) is 23.6. The van der Waals surface area contributed by atoms with Crippen LogP contribution in [0.3, 0.4) is 0 Å². The summed E-state index contributed by atoms with van der Waals surface area (Å²) in [6.07, 6.45) is 0.0806. The van der Waals surface area contributed by atoms with Gasteiger partial charge in [0.2, 0.25) is 5.91 Å². The monoisotopic (exact) mass is 553 g/mol. The van der Waals surface area contributed by atoms with Crippen LogP contribution in [-0.4, -0.2) is 62.0 Å². The van der Waals surface area contributed by atoms with Crippen LogP contribution < -0.4 is 16.0 Å². The number of ether oxygens (including phenoxy) is 3. The molecule has 10 nitrogen and oxygen atoms in total. The molecule has 0 saturated heterocycles. The highest BCUT2D eigenvalue weighted by Crippen LogP contribution is 2.44. The van der Waals surface area contributed by atoms with Crippen molar-refractivity contribution in [3.8, 4) is 11.1 Å². The van der Waals surface area contributed by atoms with Crippen LogP contribution in [0.5, 0.6) is 0 Å². The second-order valence-corrected chi connectivity index (χ2v) is 10.5. The smallest absolute Gasteiger partial charge is 0.408 e. The second-order valence-electron chi connectivity index (χ2n) is 10.5. The van der Waals surface area contributed by atoms with Crippen LogP contribution in [0.25, 0.3) is 11.1 Å². The molecule has 3 N–H and O–H groups in total. The number of carbonyl (C=O) groups excluding carboxylic acids is 4. The number of amides is 3. The molecule has 0 spiro atoms. The summed E-state index contributed by atoms with van der Waals surface area (Å²) in [5, 5.41) is 7.79. The SMILES string of the molecule is CCOC(=O)CNC(=O)[C@H](CCCCNC(=O)OCC1c2ccccc2-c2ccccc21)NC(=O)OC(C)(C)C. The Kier molecular flexibility index (Phi) is 10.9. The Hall–Kier alpha value is -4.08. The van der Waals surface area contributed by atoms with Gasteiger partial charge >= 0.3 is 18.2 Å². The van der Waals surface area contributed by atoms with E-state index in [1.807, 2.05) is 24.3 Å². The Morgan fingerprint density at radius 3 is 2.08 bits per heavy atom. The van der Waals surface area contributed by atoms with Gasteiger partial charge in [0.15, 0.2) is 0 Å². The van der Waals surface area contributed by atoms with E-state index in [-0.39, 0.29) is 32.1 Å². The Bertz CT molecular complexity index is 1150. The van der Waals surface area contributed by atoms with Crippen LogP contribution in [-0.2, 0) is 23.8 Å². The number of hydrogen-bond donors (Lipinski definition) is 3. The maximum Gasteiger partial charge on any atom is 0.408 e. The molecule has 10 heteroatoms. The molecule has 216 valence electrons. The van der Waals surface area contributed by atoms with Crippen molar-refractivity contribution in [1.82, 2.24) is 16.0 Å². The molecule has 0 unspecified atom stereocenters. The van der Waals surface area contributed by atoms with Crippen molar-refractivity contribution >= 4 is 24.1 Å². The molecule has 3 amide bonds. The zero-order chi connectivity index (χ0) is 29.1. The number of alkyl carbamates (subject to hydrolysis) is 2. The fourth-order valence-electron chi connectivity index (χ4n) is 4.53. The average molecular weight is 554 g/mol. The van der Waals surface area contributed by atoms with Gasteiger partial charge in [-0.2, -0.15) is 0 Å². The number of hydrogen-bond acceptors (Lipinski definition) is 7. The maximum atomic E-state index is 12.6. The Balaban J connectivity index is 1.44. The van der Waals surface area contributed by atoms with E-state index in [0.717, 1.165) is 22.3 Å². The Morgan fingerprint density at radius 1 is 0.850 bits per heavy atom. The summed E-state index contributed by atoms with van der Waals surface area (Å²) >= 11 is 0. The molecule has 3 rings (SSSR count). The van der Waals surface area contributed by atoms with E-state index in [9.17, 15) is 19.2 Å². The minimum atomic E-state index is -0.918. The molecule has 0 saturated carbocycles. The number of benzene rings is 2. The van der Waals surface area contributed by atoms with Crippen LogP contribution >= 0.6 is 0 Å². The number of rotatable bonds is 12. The molecule has 1 atom stereocenters. The van der Waals surface area contributed by atoms with Gasteiger partial charge in [-0.15, -0.1) is 0 Å². The lowest BCUT2D eigenvalue weighted by Gasteiger charge is -2.23. The number of unbranched alkanes of at least 4 members (excludes halogenated alkanes) is 1. The van der Waals surface area contributed by atoms with Gasteiger partial charge in [0.25, 0.3) is 0 Å². The lowest BCUT2D eigenvalue weighted by atomic mass is 9.98. The number of fused-ring (bicyclic) bond motifs is 3. The van der Waals surface area contributed by atoms with E-state index in [1.165, 1.54) is 0 Å². The molecule has 0 bridgehead atoms. The largest absolute Gasteiger partial charge is 0.465 e. The summed E-state index contributed by atoms with van der Waals surface area (Å²) in [6, 6.07) is 15.3. The molecule has 1 aliphatic rings. The van der Waals surface area contributed by atoms with Gasteiger partial charge in [-0.1, -0.05) is 48.5 Å². The molecule has 2 aromatic rings. The molecule has 0 fully saturated rings. The third-order valence-corrected chi connectivity index (χ3v) is 6.25. The highest BCUT2D eigenvalue weighted by atomic mass is 16.6. The van der Waals surface area contributed by atoms with Crippen LogP contribution in [0, 0.1) is 0 Å². The minimum Gasteiger partial charge on any atom is -0.465 e. The molecule has 0 heterocycles. The standard InChI is InChI=1S/C30H39N3O7/c1-5-38-26(34)18-32-27(35)25(33-29(37)40-30(2,3)4)16-10-11-17-31-28(36)39-19-24-22-14-8-6-12-20(22)21-13-7-9-15-23(21)24/h6-9,12-15,24-25H,5,10-11,16-19H2,1-4H3,(H,31,36)(H,32,35)(H,33,37)/t25-/m0/s1. The van der Waals surface area contributed by atoms with Crippen LogP contribution in [0.2, 0.25) is 0 Å². The summed E-state index contributed by atoms with van der Waals surface area (Å²) in [6.45, 7) is 7.28. The first kappa shape index (κ1) is 30.5. The van der Waals surface area contributed by atoms with E-state index in [0.29, 0.717) is 19.4 Å². The van der Waals surface area contributed by atoms with Crippen molar-refractivity contribution in [3.05, 3.63) is 59.7 Å². The fourth-order valence-corrected chi connectivity index (χ4v) is 4.53. The van der Waals surface area contributed by atoms with E-state index in [1.54, 1.807) is 27.7 Å². The average Bonchev–Trinajstić information content (AvgIpc) is 3.22. The third-order valence-electron chi connectivity index (χ3n) is 6.25. The van der Waals surface area contributed by atoms with Gasteiger partial charge in [-0.3, -0.25) is 9.59 Å². The normalized spacial score (nSPS) is 12.9. The van der Waals surface area contributed by atoms with Gasteiger partial charge in [-0.25, -0.2) is 9.59 Å². The number of esters is 1. The third kappa shape index (κ3) is 9.00. The molecular formula is C30H39N3O7. The van der Waals surface area contributed by atoms with Crippen molar-refractivity contribution in [2.45, 2.75) is 64.5 Å². The minimum absolute atomic E-state index is 0.0223. The van der Waals surface area contributed by atoms with E-state index in [4.69, 9.17) is 14.2 Å². The molecule has 2 aromatic carbocycles. The quantitative estimate of drug-likeness (QED) is 0.203. The summed E-state index contributed by atoms with van der Waals surface area (Å²) in [5.74, 6) is -1.12. The van der Waals surface area contributed by atoms with Crippen molar-refractivity contribution in [2.75, 3.05) is 26.3 Å². The van der Waals surface area contributed by atoms with Gasteiger partial charge in [0.1, 0.15) is 24.8 Å². The molecular weight excluding hydrogens is 514 g/mol.